The third-order valence-corrected chi connectivity index (χ3v) is 4.50. The summed E-state index contributed by atoms with van der Waals surface area (Å²) in [5.41, 5.74) is 0. The van der Waals surface area contributed by atoms with Crippen LogP contribution in [0.2, 0.25) is 0 Å². The topological polar surface area (TPSA) is 25.8 Å². The molecule has 1 fully saturated rings. The Morgan fingerprint density at radius 1 is 1.33 bits per heavy atom. The molecule has 1 aromatic rings. The van der Waals surface area contributed by atoms with Gasteiger partial charge < -0.3 is 0 Å². The summed E-state index contributed by atoms with van der Waals surface area (Å²) < 4.78 is 1.11. The van der Waals surface area contributed by atoms with Crippen LogP contribution in [0.5, 0.6) is 0 Å². The first-order valence-electron chi connectivity index (χ1n) is 5.38. The number of aromatic nitrogens is 2. The van der Waals surface area contributed by atoms with Gasteiger partial charge in [0.1, 0.15) is 0 Å². The maximum absolute atomic E-state index is 4.34. The Labute approximate surface area is 109 Å². The number of hydrogen-bond acceptors (Lipinski definition) is 3. The number of thioether (sulfide) groups is 1. The van der Waals surface area contributed by atoms with E-state index in [4.69, 9.17) is 0 Å². The van der Waals surface area contributed by atoms with E-state index in [-0.39, 0.29) is 0 Å². The smallest absolute Gasteiger partial charge is 0.187 e. The van der Waals surface area contributed by atoms with Crippen LogP contribution in [-0.4, -0.2) is 15.2 Å². The molecule has 0 N–H and O–H groups in total. The molecule has 0 radical (unpaired) electrons. The standard InChI is InChI=1S/C11H15IN2S/c1-8-3-2-4-10(5-8)15-11-13-6-9(12)7-14-11/h6-8,10H,2-5H2,1H3. The van der Waals surface area contributed by atoms with Gasteiger partial charge in [0.2, 0.25) is 0 Å². The van der Waals surface area contributed by atoms with Gasteiger partial charge in [-0.3, -0.25) is 0 Å². The van der Waals surface area contributed by atoms with Crippen LogP contribution in [0.3, 0.4) is 0 Å². The Bertz CT molecular complexity index is 315. The molecular weight excluding hydrogens is 319 g/mol. The predicted octanol–water partition coefficient (Wildman–Crippen LogP) is 3.75. The van der Waals surface area contributed by atoms with Gasteiger partial charge in [-0.1, -0.05) is 31.5 Å². The summed E-state index contributed by atoms with van der Waals surface area (Å²) in [4.78, 5) is 8.68. The third kappa shape index (κ3) is 3.59. The molecule has 0 amide bonds. The summed E-state index contributed by atoms with van der Waals surface area (Å²) in [5.74, 6) is 0.875. The van der Waals surface area contributed by atoms with Crippen molar-refractivity contribution in [2.45, 2.75) is 43.0 Å². The Morgan fingerprint density at radius 2 is 2.07 bits per heavy atom. The zero-order valence-corrected chi connectivity index (χ0v) is 11.8. The van der Waals surface area contributed by atoms with Crippen molar-refractivity contribution in [2.24, 2.45) is 5.92 Å². The second kappa shape index (κ2) is 5.48. The molecule has 2 unspecified atom stereocenters. The molecule has 0 spiro atoms. The van der Waals surface area contributed by atoms with Gasteiger partial charge in [0.05, 0.1) is 0 Å². The van der Waals surface area contributed by atoms with E-state index in [0.717, 1.165) is 19.9 Å². The average molecular weight is 334 g/mol. The lowest BCUT2D eigenvalue weighted by Crippen LogP contribution is -2.15. The highest BCUT2D eigenvalue weighted by atomic mass is 127. The Kier molecular flexibility index (Phi) is 4.25. The highest BCUT2D eigenvalue weighted by Gasteiger charge is 2.20. The molecule has 1 aliphatic carbocycles. The molecule has 0 aliphatic heterocycles. The zero-order chi connectivity index (χ0) is 10.7. The monoisotopic (exact) mass is 334 g/mol. The number of halogens is 1. The minimum Gasteiger partial charge on any atom is -0.230 e. The second-order valence-electron chi connectivity index (χ2n) is 4.20. The van der Waals surface area contributed by atoms with Crippen molar-refractivity contribution in [2.75, 3.05) is 0 Å². The fourth-order valence-electron chi connectivity index (χ4n) is 2.00. The van der Waals surface area contributed by atoms with E-state index in [2.05, 4.69) is 39.5 Å². The van der Waals surface area contributed by atoms with Gasteiger partial charge >= 0.3 is 0 Å². The summed E-state index contributed by atoms with van der Waals surface area (Å²) in [6.45, 7) is 2.35. The summed E-state index contributed by atoms with van der Waals surface area (Å²) in [5, 5.41) is 1.67. The molecule has 0 bridgehead atoms. The van der Waals surface area contributed by atoms with Crippen molar-refractivity contribution in [3.63, 3.8) is 0 Å². The van der Waals surface area contributed by atoms with E-state index >= 15 is 0 Å². The van der Waals surface area contributed by atoms with Crippen molar-refractivity contribution in [1.29, 1.82) is 0 Å². The summed E-state index contributed by atoms with van der Waals surface area (Å²) in [7, 11) is 0. The summed E-state index contributed by atoms with van der Waals surface area (Å²) >= 11 is 4.09. The highest BCUT2D eigenvalue weighted by Crippen LogP contribution is 2.34. The second-order valence-corrected chi connectivity index (χ2v) is 6.71. The molecule has 1 aromatic heterocycles. The van der Waals surface area contributed by atoms with Gasteiger partial charge in [0.25, 0.3) is 0 Å². The van der Waals surface area contributed by atoms with Crippen LogP contribution in [0.4, 0.5) is 0 Å². The average Bonchev–Trinajstić information content (AvgIpc) is 2.22. The number of rotatable bonds is 2. The first-order valence-corrected chi connectivity index (χ1v) is 7.34. The predicted molar refractivity (Wildman–Crippen MR) is 72.0 cm³/mol. The molecule has 0 saturated heterocycles. The summed E-state index contributed by atoms with van der Waals surface area (Å²) in [6.07, 6.45) is 9.18. The Balaban J connectivity index is 1.93. The van der Waals surface area contributed by atoms with Crippen LogP contribution >= 0.6 is 34.4 Å². The lowest BCUT2D eigenvalue weighted by Gasteiger charge is -2.25. The third-order valence-electron chi connectivity index (χ3n) is 2.76. The number of nitrogens with zero attached hydrogens (tertiary/aromatic N) is 2. The van der Waals surface area contributed by atoms with Gasteiger partial charge in [0.15, 0.2) is 5.16 Å². The van der Waals surface area contributed by atoms with E-state index in [1.807, 2.05) is 24.2 Å². The fraction of sp³-hybridized carbons (Fsp3) is 0.636. The first kappa shape index (κ1) is 11.6. The van der Waals surface area contributed by atoms with Crippen molar-refractivity contribution >= 4 is 34.4 Å². The first-order chi connectivity index (χ1) is 7.24. The largest absolute Gasteiger partial charge is 0.230 e. The normalized spacial score (nSPS) is 26.5. The fourth-order valence-corrected chi connectivity index (χ4v) is 3.51. The van der Waals surface area contributed by atoms with Crippen LogP contribution in [-0.2, 0) is 0 Å². The van der Waals surface area contributed by atoms with Crippen LogP contribution in [0.1, 0.15) is 32.6 Å². The molecule has 2 nitrogen and oxygen atoms in total. The van der Waals surface area contributed by atoms with Crippen molar-refractivity contribution in [3.8, 4) is 0 Å². The van der Waals surface area contributed by atoms with Crippen molar-refractivity contribution in [3.05, 3.63) is 16.0 Å². The minimum absolute atomic E-state index is 0.730. The highest BCUT2D eigenvalue weighted by molar-refractivity contribution is 14.1. The molecule has 15 heavy (non-hydrogen) atoms. The molecule has 1 aliphatic rings. The molecular formula is C11H15IN2S. The molecule has 2 atom stereocenters. The maximum atomic E-state index is 4.34. The molecule has 82 valence electrons. The maximum Gasteiger partial charge on any atom is 0.187 e. The number of hydrogen-bond donors (Lipinski definition) is 0. The SMILES string of the molecule is CC1CCCC(Sc2ncc(I)cn2)C1. The van der Waals surface area contributed by atoms with Gasteiger partial charge in [-0.25, -0.2) is 9.97 Å². The van der Waals surface area contributed by atoms with Gasteiger partial charge in [-0.15, -0.1) is 0 Å². The lowest BCUT2D eigenvalue weighted by atomic mass is 9.91. The van der Waals surface area contributed by atoms with Crippen LogP contribution in [0.25, 0.3) is 0 Å². The molecule has 1 saturated carbocycles. The molecule has 2 rings (SSSR count). The van der Waals surface area contributed by atoms with Crippen molar-refractivity contribution < 1.29 is 0 Å². The Hall–Kier alpha value is 0.160. The van der Waals surface area contributed by atoms with E-state index in [9.17, 15) is 0 Å². The van der Waals surface area contributed by atoms with Crippen LogP contribution < -0.4 is 0 Å². The lowest BCUT2D eigenvalue weighted by molar-refractivity contribution is 0.394. The van der Waals surface area contributed by atoms with Gasteiger partial charge in [-0.2, -0.15) is 0 Å². The molecule has 4 heteroatoms. The van der Waals surface area contributed by atoms with Crippen LogP contribution in [0, 0.1) is 9.49 Å². The quantitative estimate of drug-likeness (QED) is 0.608. The van der Waals surface area contributed by atoms with E-state index in [1.54, 1.807) is 0 Å². The van der Waals surface area contributed by atoms with Gasteiger partial charge in [-0.05, 0) is 41.4 Å². The van der Waals surface area contributed by atoms with E-state index < -0.39 is 0 Å². The van der Waals surface area contributed by atoms with Crippen molar-refractivity contribution in [1.82, 2.24) is 9.97 Å². The Morgan fingerprint density at radius 3 is 2.73 bits per heavy atom. The van der Waals surface area contributed by atoms with Crippen LogP contribution in [0.15, 0.2) is 17.6 Å². The molecule has 0 aromatic carbocycles. The van der Waals surface area contributed by atoms with E-state index in [1.165, 1.54) is 25.7 Å². The zero-order valence-electron chi connectivity index (χ0n) is 8.82. The van der Waals surface area contributed by atoms with Gasteiger partial charge in [0, 0.05) is 21.2 Å². The van der Waals surface area contributed by atoms with E-state index in [0.29, 0.717) is 0 Å². The minimum atomic E-state index is 0.730. The summed E-state index contributed by atoms with van der Waals surface area (Å²) in [6, 6.07) is 0. The molecule has 1 heterocycles.